The number of aliphatic hydroxyl groups is 1. The van der Waals surface area contributed by atoms with Crippen LogP contribution in [0.4, 0.5) is 5.69 Å². The lowest BCUT2D eigenvalue weighted by atomic mass is 10.0. The minimum Gasteiger partial charge on any atom is -0.478 e. The van der Waals surface area contributed by atoms with Crippen LogP contribution in [0.1, 0.15) is 23.6 Å². The highest BCUT2D eigenvalue weighted by atomic mass is 16.6. The molecule has 19 heavy (non-hydrogen) atoms. The Bertz CT molecular complexity index is 513. The minimum atomic E-state index is -1.14. The molecular formula is C12H14N2O5. The van der Waals surface area contributed by atoms with Crippen LogP contribution in [0, 0.1) is 10.1 Å². The predicted molar refractivity (Wildman–Crippen MR) is 68.4 cm³/mol. The SMILES string of the molecule is NC(CCO)c1ccc(C=CC(=O)O)cc1[N+](=O)[O-]. The number of benzene rings is 1. The third-order valence-corrected chi connectivity index (χ3v) is 2.51. The number of nitro groups is 1. The molecule has 1 rings (SSSR count). The number of hydrogen-bond donors (Lipinski definition) is 3. The van der Waals surface area contributed by atoms with Crippen molar-refractivity contribution >= 4 is 17.7 Å². The summed E-state index contributed by atoms with van der Waals surface area (Å²) in [6.07, 6.45) is 2.37. The van der Waals surface area contributed by atoms with Crippen LogP contribution < -0.4 is 5.73 Å². The number of nitro benzene ring substituents is 1. The van der Waals surface area contributed by atoms with E-state index in [-0.39, 0.29) is 18.7 Å². The van der Waals surface area contributed by atoms with Gasteiger partial charge in [-0.2, -0.15) is 0 Å². The maximum absolute atomic E-state index is 11.0. The molecule has 4 N–H and O–H groups in total. The van der Waals surface area contributed by atoms with Crippen LogP contribution in [0.5, 0.6) is 0 Å². The summed E-state index contributed by atoms with van der Waals surface area (Å²) in [6, 6.07) is 3.63. The van der Waals surface area contributed by atoms with E-state index in [1.54, 1.807) is 6.07 Å². The Morgan fingerprint density at radius 3 is 2.74 bits per heavy atom. The van der Waals surface area contributed by atoms with Crippen molar-refractivity contribution in [3.05, 3.63) is 45.5 Å². The lowest BCUT2D eigenvalue weighted by Crippen LogP contribution is -2.14. The second-order valence-electron chi connectivity index (χ2n) is 3.87. The molecule has 0 radical (unpaired) electrons. The maximum Gasteiger partial charge on any atom is 0.328 e. The lowest BCUT2D eigenvalue weighted by molar-refractivity contribution is -0.385. The van der Waals surface area contributed by atoms with Crippen molar-refractivity contribution in [1.82, 2.24) is 0 Å². The van der Waals surface area contributed by atoms with E-state index in [0.717, 1.165) is 6.08 Å². The molecule has 0 amide bonds. The van der Waals surface area contributed by atoms with Gasteiger partial charge >= 0.3 is 5.97 Å². The molecule has 7 nitrogen and oxygen atoms in total. The molecule has 102 valence electrons. The highest BCUT2D eigenvalue weighted by Crippen LogP contribution is 2.27. The average molecular weight is 266 g/mol. The highest BCUT2D eigenvalue weighted by molar-refractivity contribution is 5.85. The third-order valence-electron chi connectivity index (χ3n) is 2.51. The molecule has 0 aliphatic rings. The third kappa shape index (κ3) is 4.16. The molecule has 0 aliphatic carbocycles. The number of nitrogens with two attached hydrogens (primary N) is 1. The minimum absolute atomic E-state index is 0.168. The fourth-order valence-corrected chi connectivity index (χ4v) is 1.60. The molecule has 0 saturated carbocycles. The van der Waals surface area contributed by atoms with Gasteiger partial charge in [-0.25, -0.2) is 4.79 Å². The number of nitrogens with zero attached hydrogens (tertiary/aromatic N) is 1. The number of rotatable bonds is 6. The van der Waals surface area contributed by atoms with Gasteiger partial charge in [0.2, 0.25) is 0 Å². The van der Waals surface area contributed by atoms with E-state index < -0.39 is 16.9 Å². The van der Waals surface area contributed by atoms with Crippen molar-refractivity contribution in [1.29, 1.82) is 0 Å². The molecule has 0 aromatic heterocycles. The zero-order valence-electron chi connectivity index (χ0n) is 10.0. The molecule has 0 bridgehead atoms. The molecule has 0 heterocycles. The molecule has 0 spiro atoms. The van der Waals surface area contributed by atoms with Gasteiger partial charge in [0.25, 0.3) is 5.69 Å². The molecule has 1 aromatic rings. The molecule has 0 saturated heterocycles. The Balaban J connectivity index is 3.14. The topological polar surface area (TPSA) is 127 Å². The number of aliphatic hydroxyl groups excluding tert-OH is 1. The summed E-state index contributed by atoms with van der Waals surface area (Å²) in [7, 11) is 0. The average Bonchev–Trinajstić information content (AvgIpc) is 2.36. The largest absolute Gasteiger partial charge is 0.478 e. The second-order valence-corrected chi connectivity index (χ2v) is 3.87. The fraction of sp³-hybridized carbons (Fsp3) is 0.250. The van der Waals surface area contributed by atoms with Crippen molar-refractivity contribution in [2.24, 2.45) is 5.73 Å². The van der Waals surface area contributed by atoms with E-state index in [1.807, 2.05) is 0 Å². The Hall–Kier alpha value is -2.25. The monoisotopic (exact) mass is 266 g/mol. The Labute approximate surface area is 109 Å². The molecule has 1 unspecified atom stereocenters. The highest BCUT2D eigenvalue weighted by Gasteiger charge is 2.19. The van der Waals surface area contributed by atoms with E-state index in [9.17, 15) is 14.9 Å². The predicted octanol–water partition coefficient (Wildman–Crippen LogP) is 1.07. The first kappa shape index (κ1) is 14.8. The van der Waals surface area contributed by atoms with E-state index in [2.05, 4.69) is 0 Å². The van der Waals surface area contributed by atoms with Crippen LogP contribution in [0.3, 0.4) is 0 Å². The van der Waals surface area contributed by atoms with Gasteiger partial charge in [-0.3, -0.25) is 10.1 Å². The molecule has 0 fully saturated rings. The first-order valence-electron chi connectivity index (χ1n) is 5.51. The molecule has 1 atom stereocenters. The van der Waals surface area contributed by atoms with Gasteiger partial charge in [-0.1, -0.05) is 6.07 Å². The molecule has 0 aliphatic heterocycles. The number of hydrogen-bond acceptors (Lipinski definition) is 5. The van der Waals surface area contributed by atoms with Gasteiger partial charge in [-0.15, -0.1) is 0 Å². The molecule has 7 heteroatoms. The Morgan fingerprint density at radius 2 is 2.21 bits per heavy atom. The standard InChI is InChI=1S/C12H14N2O5/c13-10(5-6-15)9-3-1-8(2-4-12(16)17)7-11(9)14(18)19/h1-4,7,10,15H,5-6,13H2,(H,16,17). The van der Waals surface area contributed by atoms with Gasteiger partial charge in [0.05, 0.1) is 4.92 Å². The second kappa shape index (κ2) is 6.62. The number of carboxylic acid groups (broad SMARTS) is 1. The van der Waals surface area contributed by atoms with Crippen molar-refractivity contribution in [3.63, 3.8) is 0 Å². The van der Waals surface area contributed by atoms with Crippen LogP contribution in [0.2, 0.25) is 0 Å². The summed E-state index contributed by atoms with van der Waals surface area (Å²) in [6.45, 7) is -0.168. The van der Waals surface area contributed by atoms with Gasteiger partial charge in [0.1, 0.15) is 0 Å². The molecular weight excluding hydrogens is 252 g/mol. The Morgan fingerprint density at radius 1 is 1.53 bits per heavy atom. The van der Waals surface area contributed by atoms with Crippen LogP contribution in [-0.4, -0.2) is 27.7 Å². The van der Waals surface area contributed by atoms with E-state index in [0.29, 0.717) is 11.1 Å². The number of carbonyl (C=O) groups is 1. The Kier molecular flexibility index (Phi) is 5.16. The zero-order valence-corrected chi connectivity index (χ0v) is 10.0. The smallest absolute Gasteiger partial charge is 0.328 e. The first-order valence-corrected chi connectivity index (χ1v) is 5.51. The van der Waals surface area contributed by atoms with Gasteiger partial charge in [0, 0.05) is 30.4 Å². The van der Waals surface area contributed by atoms with Crippen molar-refractivity contribution < 1.29 is 19.9 Å². The van der Waals surface area contributed by atoms with Crippen molar-refractivity contribution in [3.8, 4) is 0 Å². The van der Waals surface area contributed by atoms with Crippen LogP contribution in [0.25, 0.3) is 6.08 Å². The van der Waals surface area contributed by atoms with E-state index in [1.165, 1.54) is 18.2 Å². The van der Waals surface area contributed by atoms with E-state index in [4.69, 9.17) is 15.9 Å². The van der Waals surface area contributed by atoms with Crippen LogP contribution in [0.15, 0.2) is 24.3 Å². The summed E-state index contributed by atoms with van der Waals surface area (Å²) >= 11 is 0. The first-order chi connectivity index (χ1) is 8.95. The van der Waals surface area contributed by atoms with Gasteiger partial charge < -0.3 is 15.9 Å². The van der Waals surface area contributed by atoms with Crippen molar-refractivity contribution in [2.75, 3.05) is 6.61 Å². The van der Waals surface area contributed by atoms with E-state index >= 15 is 0 Å². The quantitative estimate of drug-likeness (QED) is 0.401. The maximum atomic E-state index is 11.0. The zero-order chi connectivity index (χ0) is 14.4. The summed E-state index contributed by atoms with van der Waals surface area (Å²) in [5, 5.41) is 28.3. The van der Waals surface area contributed by atoms with Gasteiger partial charge in [-0.05, 0) is 24.1 Å². The normalized spacial score (nSPS) is 12.5. The van der Waals surface area contributed by atoms with Crippen molar-refractivity contribution in [2.45, 2.75) is 12.5 Å². The van der Waals surface area contributed by atoms with Gasteiger partial charge in [0.15, 0.2) is 0 Å². The van der Waals surface area contributed by atoms with Crippen LogP contribution in [-0.2, 0) is 4.79 Å². The lowest BCUT2D eigenvalue weighted by Gasteiger charge is -2.11. The number of aliphatic carboxylic acids is 1. The summed E-state index contributed by atoms with van der Waals surface area (Å²) in [5.41, 5.74) is 6.26. The molecule has 1 aromatic carbocycles. The fourth-order valence-electron chi connectivity index (χ4n) is 1.60. The summed E-state index contributed by atoms with van der Waals surface area (Å²) < 4.78 is 0. The number of carboxylic acids is 1. The van der Waals surface area contributed by atoms with Crippen LogP contribution >= 0.6 is 0 Å². The summed E-state index contributed by atoms with van der Waals surface area (Å²) in [5.74, 6) is -1.14. The summed E-state index contributed by atoms with van der Waals surface area (Å²) in [4.78, 5) is 20.8.